The molecule has 7 nitrogen and oxygen atoms in total. The minimum Gasteiger partial charge on any atom is -0.480 e. The first-order valence-electron chi connectivity index (χ1n) is 12.2. The van der Waals surface area contributed by atoms with Gasteiger partial charge in [-0.25, -0.2) is 9.97 Å². The van der Waals surface area contributed by atoms with E-state index in [-0.39, 0.29) is 17.9 Å². The number of fused-ring (bicyclic) bond motifs is 1. The van der Waals surface area contributed by atoms with Gasteiger partial charge >= 0.3 is 12.1 Å². The predicted octanol–water partition coefficient (Wildman–Crippen LogP) is 6.45. The van der Waals surface area contributed by atoms with Gasteiger partial charge in [-0.15, -0.1) is 11.3 Å². The Balaban J connectivity index is 1.50. The zero-order chi connectivity index (χ0) is 28.4. The van der Waals surface area contributed by atoms with Gasteiger partial charge in [0.25, 0.3) is 0 Å². The highest BCUT2D eigenvalue weighted by atomic mass is 35.5. The Kier molecular flexibility index (Phi) is 8.09. The average Bonchev–Trinajstić information content (AvgIpc) is 3.37. The van der Waals surface area contributed by atoms with E-state index in [9.17, 15) is 18.0 Å². The highest BCUT2D eigenvalue weighted by molar-refractivity contribution is 7.18. The lowest BCUT2D eigenvalue weighted by Crippen LogP contribution is -2.32. The fourth-order valence-electron chi connectivity index (χ4n) is 4.50. The molecule has 208 valence electrons. The molecule has 2 aromatic heterocycles. The van der Waals surface area contributed by atoms with Crippen LogP contribution in [0.5, 0.6) is 5.88 Å². The van der Waals surface area contributed by atoms with Crippen LogP contribution >= 0.6 is 22.9 Å². The molecule has 0 saturated heterocycles. The first-order valence-corrected chi connectivity index (χ1v) is 13.5. The molecule has 0 spiro atoms. The Morgan fingerprint density at radius 3 is 2.62 bits per heavy atom. The lowest BCUT2D eigenvalue weighted by atomic mass is 9.93. The van der Waals surface area contributed by atoms with E-state index in [2.05, 4.69) is 9.97 Å². The van der Waals surface area contributed by atoms with E-state index in [1.807, 2.05) is 0 Å². The molecule has 0 amide bonds. The summed E-state index contributed by atoms with van der Waals surface area (Å²) in [7, 11) is 0. The predicted molar refractivity (Wildman–Crippen MR) is 146 cm³/mol. The molecule has 1 aliphatic rings. The zero-order valence-electron chi connectivity index (χ0n) is 20.8. The van der Waals surface area contributed by atoms with Crippen molar-refractivity contribution in [2.75, 3.05) is 13.2 Å². The summed E-state index contributed by atoms with van der Waals surface area (Å²) >= 11 is 7.34. The van der Waals surface area contributed by atoms with Crippen molar-refractivity contribution in [2.45, 2.75) is 31.2 Å². The second kappa shape index (κ2) is 11.5. The standard InChI is InChI=1S/C28H23ClF3N3O4S/c29-18-5-6-19(20(12-18)17-7-9-38-10-8-17)25(28(30,31)32)39-26-24-23(34-14-35-26)21(13-40-24)16-3-1-15(2-4-16)11-22(33)27(36)37/h1-7,12-14,22,25H,8-11,33H2,(H,36,37). The van der Waals surface area contributed by atoms with Crippen molar-refractivity contribution in [3.8, 4) is 17.0 Å². The minimum atomic E-state index is -4.75. The van der Waals surface area contributed by atoms with Crippen LogP contribution in [0.3, 0.4) is 0 Å². The van der Waals surface area contributed by atoms with E-state index in [0.29, 0.717) is 51.6 Å². The molecule has 0 aliphatic carbocycles. The van der Waals surface area contributed by atoms with Gasteiger partial charge in [-0.2, -0.15) is 13.2 Å². The molecule has 0 fully saturated rings. The molecule has 40 heavy (non-hydrogen) atoms. The van der Waals surface area contributed by atoms with E-state index < -0.39 is 24.3 Å². The molecule has 0 bridgehead atoms. The average molecular weight is 590 g/mol. The fourth-order valence-corrected chi connectivity index (χ4v) is 5.64. The minimum absolute atomic E-state index is 0.0660. The number of carbonyl (C=O) groups is 1. The number of benzene rings is 2. The number of ether oxygens (including phenoxy) is 2. The second-order valence-corrected chi connectivity index (χ2v) is 10.5. The van der Waals surface area contributed by atoms with Gasteiger partial charge in [0.1, 0.15) is 17.1 Å². The topological polar surface area (TPSA) is 108 Å². The van der Waals surface area contributed by atoms with E-state index >= 15 is 0 Å². The monoisotopic (exact) mass is 589 g/mol. The maximum atomic E-state index is 14.5. The van der Waals surface area contributed by atoms with Gasteiger partial charge in [0.2, 0.25) is 12.0 Å². The van der Waals surface area contributed by atoms with Crippen LogP contribution in [0.15, 0.2) is 60.2 Å². The summed E-state index contributed by atoms with van der Waals surface area (Å²) in [6.07, 6.45) is -3.52. The maximum Gasteiger partial charge on any atom is 0.429 e. The molecular weight excluding hydrogens is 567 g/mol. The Hall–Kier alpha value is -3.51. The Bertz CT molecular complexity index is 1570. The summed E-state index contributed by atoms with van der Waals surface area (Å²) in [5.74, 6) is -1.28. The molecule has 5 rings (SSSR count). The van der Waals surface area contributed by atoms with Crippen LogP contribution in [0.4, 0.5) is 13.2 Å². The number of alkyl halides is 3. The van der Waals surface area contributed by atoms with Crippen LogP contribution in [-0.4, -0.2) is 46.5 Å². The number of rotatable bonds is 8. The number of aliphatic carboxylic acids is 1. The molecule has 4 aromatic rings. The van der Waals surface area contributed by atoms with Crippen molar-refractivity contribution in [1.82, 2.24) is 9.97 Å². The van der Waals surface area contributed by atoms with Crippen molar-refractivity contribution >= 4 is 44.7 Å². The third-order valence-corrected chi connectivity index (χ3v) is 7.68. The summed E-state index contributed by atoms with van der Waals surface area (Å²) in [4.78, 5) is 19.4. The quantitative estimate of drug-likeness (QED) is 0.243. The van der Waals surface area contributed by atoms with Crippen LogP contribution in [0.2, 0.25) is 5.02 Å². The molecule has 3 N–H and O–H groups in total. The van der Waals surface area contributed by atoms with E-state index in [1.54, 1.807) is 35.7 Å². The molecule has 1 aliphatic heterocycles. The van der Waals surface area contributed by atoms with Crippen LogP contribution in [0.1, 0.15) is 29.2 Å². The Labute approximate surface area is 236 Å². The number of thiophene rings is 1. The fraction of sp³-hybridized carbons (Fsp3) is 0.250. The van der Waals surface area contributed by atoms with Gasteiger partial charge in [0, 0.05) is 21.5 Å². The molecule has 3 heterocycles. The molecule has 2 unspecified atom stereocenters. The lowest BCUT2D eigenvalue weighted by Gasteiger charge is -2.25. The summed E-state index contributed by atoms with van der Waals surface area (Å²) in [6.45, 7) is 0.698. The van der Waals surface area contributed by atoms with Crippen molar-refractivity contribution in [1.29, 1.82) is 0 Å². The van der Waals surface area contributed by atoms with Crippen molar-refractivity contribution < 1.29 is 32.5 Å². The van der Waals surface area contributed by atoms with Crippen LogP contribution in [0, 0.1) is 0 Å². The molecule has 12 heteroatoms. The highest BCUT2D eigenvalue weighted by Gasteiger charge is 2.45. The number of aromatic nitrogens is 2. The van der Waals surface area contributed by atoms with E-state index in [0.717, 1.165) is 11.1 Å². The molecule has 0 radical (unpaired) electrons. The number of nitrogens with zero attached hydrogens (tertiary/aromatic N) is 2. The first kappa shape index (κ1) is 28.0. The Morgan fingerprint density at radius 2 is 1.95 bits per heavy atom. The maximum absolute atomic E-state index is 14.5. The Morgan fingerprint density at radius 1 is 1.18 bits per heavy atom. The van der Waals surface area contributed by atoms with Gasteiger partial charge in [0.05, 0.1) is 18.7 Å². The summed E-state index contributed by atoms with van der Waals surface area (Å²) in [5, 5.41) is 11.1. The zero-order valence-corrected chi connectivity index (χ0v) is 22.4. The molecule has 2 aromatic carbocycles. The third kappa shape index (κ3) is 5.97. The summed E-state index contributed by atoms with van der Waals surface area (Å²) < 4.78 is 54.8. The third-order valence-electron chi connectivity index (χ3n) is 6.49. The second-order valence-electron chi connectivity index (χ2n) is 9.18. The van der Waals surface area contributed by atoms with Gasteiger partial charge in [0.15, 0.2) is 0 Å². The van der Waals surface area contributed by atoms with Gasteiger partial charge < -0.3 is 20.3 Å². The van der Waals surface area contributed by atoms with E-state index in [4.69, 9.17) is 31.9 Å². The van der Waals surface area contributed by atoms with Gasteiger partial charge in [-0.1, -0.05) is 48.0 Å². The SMILES string of the molecule is NC(Cc1ccc(-c2csc3c(OC(c4ccc(Cl)cc4C4=CCOCC4)C(F)(F)F)ncnc23)cc1)C(=O)O. The van der Waals surface area contributed by atoms with Crippen LogP contribution in [-0.2, 0) is 16.0 Å². The number of hydrogen-bond acceptors (Lipinski definition) is 7. The van der Waals surface area contributed by atoms with Crippen molar-refractivity contribution in [2.24, 2.45) is 5.73 Å². The highest BCUT2D eigenvalue weighted by Crippen LogP contribution is 2.44. The number of carboxylic acids is 1. The lowest BCUT2D eigenvalue weighted by molar-refractivity contribution is -0.198. The normalized spacial score (nSPS) is 15.5. The van der Waals surface area contributed by atoms with Crippen molar-refractivity contribution in [3.05, 3.63) is 82.0 Å². The largest absolute Gasteiger partial charge is 0.480 e. The number of nitrogens with two attached hydrogens (primary N) is 1. The molecule has 2 atom stereocenters. The van der Waals surface area contributed by atoms with Gasteiger partial charge in [-0.3, -0.25) is 4.79 Å². The summed E-state index contributed by atoms with van der Waals surface area (Å²) in [5.41, 5.74) is 9.24. The van der Waals surface area contributed by atoms with Crippen LogP contribution < -0.4 is 10.5 Å². The molecular formula is C28H23ClF3N3O4S. The van der Waals surface area contributed by atoms with Crippen LogP contribution in [0.25, 0.3) is 26.9 Å². The number of halogens is 4. The smallest absolute Gasteiger partial charge is 0.429 e. The number of carboxylic acid groups (broad SMARTS) is 1. The molecule has 0 saturated carbocycles. The van der Waals surface area contributed by atoms with Crippen molar-refractivity contribution in [3.63, 3.8) is 0 Å². The first-order chi connectivity index (χ1) is 19.1. The number of hydrogen-bond donors (Lipinski definition) is 2. The summed E-state index contributed by atoms with van der Waals surface area (Å²) in [6, 6.07) is 10.3. The van der Waals surface area contributed by atoms with E-state index in [1.165, 1.54) is 35.9 Å². The van der Waals surface area contributed by atoms with Gasteiger partial charge in [-0.05, 0) is 47.2 Å².